The Hall–Kier alpha value is -5.24. The molecule has 0 spiro atoms. The van der Waals surface area contributed by atoms with Crippen molar-refractivity contribution >= 4 is 23.7 Å². The first kappa shape index (κ1) is 25.1. The van der Waals surface area contributed by atoms with Gasteiger partial charge in [0.15, 0.2) is 0 Å². The average molecular weight is 533 g/mol. The highest BCUT2D eigenvalue weighted by molar-refractivity contribution is 6.15. The van der Waals surface area contributed by atoms with Gasteiger partial charge >= 0.3 is 11.9 Å². The highest BCUT2D eigenvalue weighted by Gasteiger charge is 2.71. The molecule has 2 aliphatic rings. The molecule has 0 radical (unpaired) electrons. The molecule has 2 aliphatic heterocycles. The first-order chi connectivity index (χ1) is 19.5. The third kappa shape index (κ3) is 3.76. The Labute approximate surface area is 230 Å². The zero-order valence-corrected chi connectivity index (χ0v) is 21.7. The molecule has 8 nitrogen and oxygen atoms in total. The minimum Gasteiger partial charge on any atom is -0.497 e. The van der Waals surface area contributed by atoms with E-state index < -0.39 is 23.0 Å². The minimum absolute atomic E-state index is 0.0627. The fourth-order valence-electron chi connectivity index (χ4n) is 5.08. The normalized spacial score (nSPS) is 21.8. The number of cyclic esters (lactones) is 2. The summed E-state index contributed by atoms with van der Waals surface area (Å²) in [4.78, 5) is 38.2. The molecule has 0 aromatic heterocycles. The molecule has 0 saturated heterocycles. The summed E-state index contributed by atoms with van der Waals surface area (Å²) in [5.41, 5.74) is -1.89. The topological polar surface area (TPSA) is 95.8 Å². The molecular weight excluding hydrogens is 508 g/mol. The van der Waals surface area contributed by atoms with Gasteiger partial charge in [0.05, 0.1) is 14.2 Å². The number of methoxy groups -OCH3 is 2. The van der Waals surface area contributed by atoms with Gasteiger partial charge in [-0.3, -0.25) is 0 Å². The summed E-state index contributed by atoms with van der Waals surface area (Å²) >= 11 is 0. The highest BCUT2D eigenvalue weighted by atomic mass is 16.6. The predicted octanol–water partition coefficient (Wildman–Crippen LogP) is 4.80. The maximum Gasteiger partial charge on any atom is 0.349 e. The number of rotatable bonds is 7. The molecule has 0 aliphatic carbocycles. The highest BCUT2D eigenvalue weighted by Crippen LogP contribution is 2.53. The summed E-state index contributed by atoms with van der Waals surface area (Å²) in [5.74, 6) is -0.0933. The van der Waals surface area contributed by atoms with Crippen LogP contribution in [0.25, 0.3) is 0 Å². The molecule has 40 heavy (non-hydrogen) atoms. The van der Waals surface area contributed by atoms with E-state index in [9.17, 15) is 9.59 Å². The molecule has 198 valence electrons. The zero-order chi connectivity index (χ0) is 27.7. The molecule has 4 aromatic carbocycles. The van der Waals surface area contributed by atoms with E-state index in [-0.39, 0.29) is 11.8 Å². The van der Waals surface area contributed by atoms with Gasteiger partial charge in [0.2, 0.25) is 22.9 Å². The second-order valence-electron chi connectivity index (χ2n) is 9.22. The summed E-state index contributed by atoms with van der Waals surface area (Å²) < 4.78 is 22.2. The first-order valence-corrected chi connectivity index (χ1v) is 12.6. The van der Waals surface area contributed by atoms with Gasteiger partial charge in [-0.1, -0.05) is 60.7 Å². The van der Waals surface area contributed by atoms with Crippen molar-refractivity contribution < 1.29 is 28.5 Å². The number of nitrogens with zero attached hydrogens (tertiary/aromatic N) is 2. The number of benzene rings is 4. The van der Waals surface area contributed by atoms with E-state index in [2.05, 4.69) is 0 Å². The van der Waals surface area contributed by atoms with Crippen LogP contribution in [0.5, 0.6) is 11.5 Å². The van der Waals surface area contributed by atoms with Gasteiger partial charge in [-0.05, 0) is 59.7 Å². The van der Waals surface area contributed by atoms with Crippen LogP contribution in [0.2, 0.25) is 0 Å². The lowest BCUT2D eigenvalue weighted by molar-refractivity contribution is -0.152. The summed E-state index contributed by atoms with van der Waals surface area (Å²) in [6.07, 6.45) is 0. The molecule has 8 heteroatoms. The molecule has 6 rings (SSSR count). The van der Waals surface area contributed by atoms with Crippen LogP contribution in [-0.4, -0.2) is 38.0 Å². The van der Waals surface area contributed by atoms with Gasteiger partial charge in [0.1, 0.15) is 11.5 Å². The number of carbonyl (C=O) groups excluding carboxylic acids is 2. The number of aliphatic imine (C=N–C) groups is 2. The van der Waals surface area contributed by atoms with Crippen molar-refractivity contribution in [3.8, 4) is 11.5 Å². The largest absolute Gasteiger partial charge is 0.497 e. The van der Waals surface area contributed by atoms with Crippen LogP contribution >= 0.6 is 0 Å². The molecule has 0 saturated carbocycles. The van der Waals surface area contributed by atoms with Gasteiger partial charge < -0.3 is 18.9 Å². The van der Waals surface area contributed by atoms with Crippen molar-refractivity contribution in [1.82, 2.24) is 0 Å². The lowest BCUT2D eigenvalue weighted by Gasteiger charge is -2.36. The molecular formula is C32H24N2O6. The van der Waals surface area contributed by atoms with Gasteiger partial charge in [0.25, 0.3) is 0 Å². The minimum atomic E-state index is -1.92. The first-order valence-electron chi connectivity index (χ1n) is 12.6. The number of hydrogen-bond acceptors (Lipinski definition) is 8. The van der Waals surface area contributed by atoms with Gasteiger partial charge in [0, 0.05) is 11.1 Å². The SMILES string of the molecule is COc1ccc(C2=N[C@@](c3ccccc3)([C@]3(c4ccccc4)N=C(c4ccc(OC)cc4)OC3=O)C(=O)O2)cc1. The maximum absolute atomic E-state index is 14.2. The molecule has 0 unspecified atom stereocenters. The van der Waals surface area contributed by atoms with Crippen LogP contribution in [0.15, 0.2) is 119 Å². The molecule has 4 aromatic rings. The fourth-order valence-corrected chi connectivity index (χ4v) is 5.08. The Morgan fingerprint density at radius 1 is 0.525 bits per heavy atom. The zero-order valence-electron chi connectivity index (χ0n) is 21.7. The summed E-state index contributed by atoms with van der Waals surface area (Å²) in [6.45, 7) is 0. The standard InChI is InChI=1S/C32H24N2O6/c1-37-25-17-13-21(14-18-25)27-33-31(29(35)39-27,23-9-5-3-6-10-23)32(24-11-7-4-8-12-24)30(36)40-28(34-32)22-15-19-26(38-2)20-16-22/h3-20H,1-2H3/t31-,32-/m1/s1. The Balaban J connectivity index is 1.63. The van der Waals surface area contributed by atoms with E-state index in [1.807, 2.05) is 12.1 Å². The van der Waals surface area contributed by atoms with E-state index in [1.54, 1.807) is 111 Å². The van der Waals surface area contributed by atoms with Crippen molar-refractivity contribution in [2.45, 2.75) is 11.1 Å². The molecule has 0 fully saturated rings. The van der Waals surface area contributed by atoms with Crippen molar-refractivity contribution in [3.63, 3.8) is 0 Å². The second-order valence-corrected chi connectivity index (χ2v) is 9.22. The quantitative estimate of drug-likeness (QED) is 0.317. The van der Waals surface area contributed by atoms with E-state index in [4.69, 9.17) is 28.9 Å². The van der Waals surface area contributed by atoms with E-state index in [0.29, 0.717) is 33.8 Å². The number of hydrogen-bond donors (Lipinski definition) is 0. The van der Waals surface area contributed by atoms with E-state index in [0.717, 1.165) is 0 Å². The third-order valence-electron chi connectivity index (χ3n) is 7.09. The lowest BCUT2D eigenvalue weighted by Crippen LogP contribution is -2.54. The molecule has 2 atom stereocenters. The third-order valence-corrected chi connectivity index (χ3v) is 7.09. The molecule has 0 amide bonds. The predicted molar refractivity (Wildman–Crippen MR) is 147 cm³/mol. The molecule has 2 heterocycles. The van der Waals surface area contributed by atoms with Crippen LogP contribution in [0.1, 0.15) is 22.3 Å². The van der Waals surface area contributed by atoms with Crippen molar-refractivity contribution in [2.24, 2.45) is 9.98 Å². The monoisotopic (exact) mass is 532 g/mol. The van der Waals surface area contributed by atoms with Gasteiger partial charge in [-0.25, -0.2) is 19.6 Å². The van der Waals surface area contributed by atoms with Crippen molar-refractivity contribution in [3.05, 3.63) is 131 Å². The number of esters is 2. The van der Waals surface area contributed by atoms with Crippen molar-refractivity contribution in [2.75, 3.05) is 14.2 Å². The molecule has 0 N–H and O–H groups in total. The lowest BCUT2D eigenvalue weighted by atomic mass is 9.69. The summed E-state index contributed by atoms with van der Waals surface area (Å²) in [5, 5.41) is 0. The Kier molecular flexibility index (Phi) is 6.15. The van der Waals surface area contributed by atoms with Crippen LogP contribution in [0.4, 0.5) is 0 Å². The summed E-state index contributed by atoms with van der Waals surface area (Å²) in [7, 11) is 3.13. The number of ether oxygens (including phenoxy) is 4. The maximum atomic E-state index is 14.2. The van der Waals surface area contributed by atoms with Gasteiger partial charge in [-0.15, -0.1) is 0 Å². The number of carbonyl (C=O) groups is 2. The van der Waals surface area contributed by atoms with Crippen molar-refractivity contribution in [1.29, 1.82) is 0 Å². The molecule has 0 bridgehead atoms. The van der Waals surface area contributed by atoms with Gasteiger partial charge in [-0.2, -0.15) is 0 Å². The smallest absolute Gasteiger partial charge is 0.349 e. The fraction of sp³-hybridized carbons (Fsp3) is 0.125. The van der Waals surface area contributed by atoms with E-state index in [1.165, 1.54) is 0 Å². The Morgan fingerprint density at radius 3 is 1.20 bits per heavy atom. The second kappa shape index (κ2) is 9.81. The van der Waals surface area contributed by atoms with E-state index >= 15 is 0 Å². The average Bonchev–Trinajstić information content (AvgIpc) is 3.56. The Morgan fingerprint density at radius 2 is 0.875 bits per heavy atom. The van der Waals surface area contributed by atoms with Crippen LogP contribution in [0, 0.1) is 0 Å². The summed E-state index contributed by atoms with van der Waals surface area (Å²) in [6, 6.07) is 31.6. The van der Waals surface area contributed by atoms with Crippen LogP contribution < -0.4 is 9.47 Å². The van der Waals surface area contributed by atoms with Crippen LogP contribution in [-0.2, 0) is 30.1 Å². The van der Waals surface area contributed by atoms with Crippen LogP contribution in [0.3, 0.4) is 0 Å². The Bertz CT molecular complexity index is 1510.